The minimum Gasteiger partial charge on any atom is -0.422 e. The lowest BCUT2D eigenvalue weighted by molar-refractivity contribution is 0.466. The topological polar surface area (TPSA) is 69.1 Å². The van der Waals surface area contributed by atoms with E-state index in [4.69, 9.17) is 8.83 Å². The third-order valence-corrected chi connectivity index (χ3v) is 5.41. The molecule has 0 spiro atoms. The maximum absolute atomic E-state index is 12.0. The van der Waals surface area contributed by atoms with E-state index in [2.05, 4.69) is 10.2 Å². The average molecular weight is 378 g/mol. The number of benzene rings is 2. The fourth-order valence-corrected chi connectivity index (χ4v) is 3.70. The maximum atomic E-state index is 12.0. The van der Waals surface area contributed by atoms with E-state index in [0.29, 0.717) is 22.4 Å². The predicted octanol–water partition coefficient (Wildman–Crippen LogP) is 5.06. The van der Waals surface area contributed by atoms with Crippen molar-refractivity contribution in [1.29, 1.82) is 0 Å². The summed E-state index contributed by atoms with van der Waals surface area (Å²) in [4.78, 5) is 12.0. The van der Waals surface area contributed by atoms with Gasteiger partial charge in [0.1, 0.15) is 5.58 Å². The summed E-state index contributed by atoms with van der Waals surface area (Å²) in [5, 5.41) is 9.65. The van der Waals surface area contributed by atoms with Crippen molar-refractivity contribution in [2.45, 2.75) is 31.7 Å². The zero-order valence-electron chi connectivity index (χ0n) is 15.3. The smallest absolute Gasteiger partial charge is 0.336 e. The molecule has 0 aliphatic heterocycles. The molecule has 6 heteroatoms. The van der Waals surface area contributed by atoms with Gasteiger partial charge >= 0.3 is 5.63 Å². The van der Waals surface area contributed by atoms with Gasteiger partial charge in [-0.3, -0.25) is 0 Å². The number of nitrogens with zero attached hydrogens (tertiary/aromatic N) is 2. The first-order valence-corrected chi connectivity index (χ1v) is 9.56. The third-order valence-electron chi connectivity index (χ3n) is 4.54. The second kappa shape index (κ2) is 7.04. The molecule has 0 bridgehead atoms. The summed E-state index contributed by atoms with van der Waals surface area (Å²) in [7, 11) is 0. The molecule has 4 aromatic rings. The highest BCUT2D eigenvalue weighted by Crippen LogP contribution is 2.29. The van der Waals surface area contributed by atoms with E-state index in [1.165, 1.54) is 17.8 Å². The molecule has 5 nitrogen and oxygen atoms in total. The van der Waals surface area contributed by atoms with E-state index in [9.17, 15) is 4.79 Å². The molecule has 0 fully saturated rings. The zero-order valence-corrected chi connectivity index (χ0v) is 16.1. The van der Waals surface area contributed by atoms with Crippen LogP contribution >= 0.6 is 11.8 Å². The molecule has 0 saturated heterocycles. The Morgan fingerprint density at radius 3 is 2.67 bits per heavy atom. The highest BCUT2D eigenvalue weighted by Gasteiger charge is 2.13. The van der Waals surface area contributed by atoms with Gasteiger partial charge in [0.25, 0.3) is 5.22 Å². The van der Waals surface area contributed by atoms with Crippen molar-refractivity contribution >= 4 is 22.7 Å². The van der Waals surface area contributed by atoms with Crippen LogP contribution in [0.2, 0.25) is 0 Å². The van der Waals surface area contributed by atoms with Gasteiger partial charge in [0.05, 0.1) is 0 Å². The van der Waals surface area contributed by atoms with Gasteiger partial charge in [-0.15, -0.1) is 10.2 Å². The van der Waals surface area contributed by atoms with Crippen molar-refractivity contribution in [2.75, 3.05) is 0 Å². The van der Waals surface area contributed by atoms with Gasteiger partial charge in [-0.1, -0.05) is 41.6 Å². The van der Waals surface area contributed by atoms with Gasteiger partial charge in [0.15, 0.2) is 0 Å². The summed E-state index contributed by atoms with van der Waals surface area (Å²) in [6, 6.07) is 13.5. The SMILES string of the molecule is Cc1cccc(-c2nnc(SCc3cc(=O)oc4c(C)c(C)ccc34)o2)c1. The molecule has 2 aromatic heterocycles. The third kappa shape index (κ3) is 3.53. The fraction of sp³-hybridized carbons (Fsp3) is 0.190. The molecule has 0 amide bonds. The van der Waals surface area contributed by atoms with Gasteiger partial charge in [-0.2, -0.15) is 0 Å². The summed E-state index contributed by atoms with van der Waals surface area (Å²) in [6.07, 6.45) is 0. The molecule has 2 heterocycles. The molecule has 0 atom stereocenters. The van der Waals surface area contributed by atoms with Crippen molar-refractivity contribution in [3.05, 3.63) is 75.1 Å². The van der Waals surface area contributed by atoms with Crippen molar-refractivity contribution in [3.8, 4) is 11.5 Å². The number of rotatable bonds is 4. The normalized spacial score (nSPS) is 11.2. The van der Waals surface area contributed by atoms with E-state index in [-0.39, 0.29) is 5.63 Å². The first-order valence-electron chi connectivity index (χ1n) is 8.57. The lowest BCUT2D eigenvalue weighted by Gasteiger charge is -2.07. The number of hydrogen-bond acceptors (Lipinski definition) is 6. The molecular formula is C21H18N2O3S. The van der Waals surface area contributed by atoms with Crippen LogP contribution in [0.4, 0.5) is 0 Å². The molecule has 0 saturated carbocycles. The zero-order chi connectivity index (χ0) is 19.0. The quantitative estimate of drug-likeness (QED) is 0.365. The van der Waals surface area contributed by atoms with Gasteiger partial charge in [-0.25, -0.2) is 4.79 Å². The van der Waals surface area contributed by atoms with Crippen LogP contribution in [0.1, 0.15) is 22.3 Å². The highest BCUT2D eigenvalue weighted by atomic mass is 32.2. The summed E-state index contributed by atoms with van der Waals surface area (Å²) in [5.74, 6) is 1.03. The molecule has 0 N–H and O–H groups in total. The summed E-state index contributed by atoms with van der Waals surface area (Å²) < 4.78 is 11.2. The van der Waals surface area contributed by atoms with Crippen LogP contribution in [0.3, 0.4) is 0 Å². The Bertz CT molecular complexity index is 1190. The molecular weight excluding hydrogens is 360 g/mol. The van der Waals surface area contributed by atoms with E-state index in [1.54, 1.807) is 0 Å². The van der Waals surface area contributed by atoms with E-state index >= 15 is 0 Å². The molecule has 0 aliphatic carbocycles. The lowest BCUT2D eigenvalue weighted by atomic mass is 10.0. The fourth-order valence-electron chi connectivity index (χ4n) is 2.95. The maximum Gasteiger partial charge on any atom is 0.336 e. The second-order valence-electron chi connectivity index (χ2n) is 6.51. The molecule has 0 radical (unpaired) electrons. The Labute approximate surface area is 160 Å². The summed E-state index contributed by atoms with van der Waals surface area (Å²) in [6.45, 7) is 5.98. The van der Waals surface area contributed by atoms with Crippen molar-refractivity contribution in [1.82, 2.24) is 10.2 Å². The van der Waals surface area contributed by atoms with Gasteiger partial charge in [0.2, 0.25) is 5.89 Å². The average Bonchev–Trinajstić information content (AvgIpc) is 3.12. The number of aryl methyl sites for hydroxylation is 3. The summed E-state index contributed by atoms with van der Waals surface area (Å²) in [5.41, 5.74) is 5.29. The summed E-state index contributed by atoms with van der Waals surface area (Å²) >= 11 is 1.41. The Morgan fingerprint density at radius 1 is 1.00 bits per heavy atom. The Morgan fingerprint density at radius 2 is 1.85 bits per heavy atom. The molecule has 0 unspecified atom stereocenters. The van der Waals surface area contributed by atoms with Crippen LogP contribution in [0.15, 0.2) is 61.3 Å². The van der Waals surface area contributed by atoms with E-state index in [0.717, 1.165) is 33.2 Å². The number of aromatic nitrogens is 2. The Kier molecular flexibility index (Phi) is 4.58. The highest BCUT2D eigenvalue weighted by molar-refractivity contribution is 7.98. The molecule has 27 heavy (non-hydrogen) atoms. The standard InChI is InChI=1S/C21H18N2O3S/c1-12-5-4-6-15(9-12)20-22-23-21(26-20)27-11-16-10-18(24)25-19-14(3)13(2)7-8-17(16)19/h4-10H,11H2,1-3H3. The first kappa shape index (κ1) is 17.5. The minimum atomic E-state index is -0.349. The van der Waals surface area contributed by atoms with Crippen molar-refractivity contribution < 1.29 is 8.83 Å². The Balaban J connectivity index is 1.61. The lowest BCUT2D eigenvalue weighted by Crippen LogP contribution is -2.01. The first-order chi connectivity index (χ1) is 13.0. The van der Waals surface area contributed by atoms with Crippen molar-refractivity contribution in [2.24, 2.45) is 0 Å². The molecule has 4 rings (SSSR count). The van der Waals surface area contributed by atoms with Crippen LogP contribution in [-0.2, 0) is 5.75 Å². The monoisotopic (exact) mass is 378 g/mol. The number of hydrogen-bond donors (Lipinski definition) is 0. The second-order valence-corrected chi connectivity index (χ2v) is 7.43. The predicted molar refractivity (Wildman–Crippen MR) is 106 cm³/mol. The number of thioether (sulfide) groups is 1. The van der Waals surface area contributed by atoms with Crippen LogP contribution < -0.4 is 5.63 Å². The van der Waals surface area contributed by atoms with Crippen LogP contribution in [0, 0.1) is 20.8 Å². The minimum absolute atomic E-state index is 0.349. The van der Waals surface area contributed by atoms with E-state index < -0.39 is 0 Å². The van der Waals surface area contributed by atoms with Crippen LogP contribution in [-0.4, -0.2) is 10.2 Å². The molecule has 2 aromatic carbocycles. The van der Waals surface area contributed by atoms with Crippen molar-refractivity contribution in [3.63, 3.8) is 0 Å². The largest absolute Gasteiger partial charge is 0.422 e. The molecule has 0 aliphatic rings. The van der Waals surface area contributed by atoms with Crippen LogP contribution in [0.25, 0.3) is 22.4 Å². The Hall–Kier alpha value is -2.86. The van der Waals surface area contributed by atoms with E-state index in [1.807, 2.05) is 57.2 Å². The van der Waals surface area contributed by atoms with Gasteiger partial charge in [0, 0.05) is 22.8 Å². The van der Waals surface area contributed by atoms with Crippen LogP contribution in [0.5, 0.6) is 0 Å². The van der Waals surface area contributed by atoms with Gasteiger partial charge < -0.3 is 8.83 Å². The number of fused-ring (bicyclic) bond motifs is 1. The molecule has 136 valence electrons. The van der Waals surface area contributed by atoms with Gasteiger partial charge in [-0.05, 0) is 49.6 Å².